The number of hydrogen-bond acceptors (Lipinski definition) is 4. The maximum atomic E-state index is 12.2. The van der Waals surface area contributed by atoms with Crippen LogP contribution < -0.4 is 10.9 Å². The molecule has 2 heterocycles. The van der Waals surface area contributed by atoms with E-state index in [1.54, 1.807) is 18.2 Å². The molecule has 0 aliphatic rings. The first-order valence-corrected chi connectivity index (χ1v) is 8.47. The third kappa shape index (κ3) is 3.72. The van der Waals surface area contributed by atoms with Gasteiger partial charge in [0.2, 0.25) is 5.91 Å². The molecule has 0 saturated heterocycles. The van der Waals surface area contributed by atoms with Gasteiger partial charge < -0.3 is 5.32 Å². The number of carbonyl (C=O) groups is 1. The molecule has 122 valence electrons. The second kappa shape index (κ2) is 6.98. The number of carbonyl (C=O) groups excluding carboxylic acids is 1. The van der Waals surface area contributed by atoms with Crippen LogP contribution in [-0.4, -0.2) is 15.7 Å². The molecule has 0 aliphatic carbocycles. The van der Waals surface area contributed by atoms with Gasteiger partial charge in [0.25, 0.3) is 5.56 Å². The summed E-state index contributed by atoms with van der Waals surface area (Å²) in [6, 6.07) is 12.1. The Morgan fingerprint density at radius 1 is 1.29 bits per heavy atom. The predicted octanol–water partition coefficient (Wildman–Crippen LogP) is 3.57. The molecule has 0 atom stereocenters. The first-order chi connectivity index (χ1) is 11.5. The molecule has 0 saturated carbocycles. The van der Waals surface area contributed by atoms with Gasteiger partial charge in [-0.25, -0.2) is 4.68 Å². The van der Waals surface area contributed by atoms with Crippen LogP contribution in [-0.2, 0) is 11.3 Å². The molecule has 3 aromatic rings. The molecule has 2 aromatic heterocycles. The molecule has 1 aromatic carbocycles. The first-order valence-electron chi connectivity index (χ1n) is 7.21. The Morgan fingerprint density at radius 3 is 2.83 bits per heavy atom. The highest BCUT2D eigenvalue weighted by Crippen LogP contribution is 2.21. The fourth-order valence-corrected chi connectivity index (χ4v) is 3.00. The summed E-state index contributed by atoms with van der Waals surface area (Å²) in [6.45, 7) is 1.72. The maximum absolute atomic E-state index is 12.2. The predicted molar refractivity (Wildman–Crippen MR) is 96.6 cm³/mol. The topological polar surface area (TPSA) is 64.0 Å². The van der Waals surface area contributed by atoms with E-state index in [0.29, 0.717) is 16.4 Å². The summed E-state index contributed by atoms with van der Waals surface area (Å²) in [4.78, 5) is 25.0. The van der Waals surface area contributed by atoms with Crippen LogP contribution in [0, 0.1) is 6.92 Å². The van der Waals surface area contributed by atoms with Crippen LogP contribution in [0.5, 0.6) is 0 Å². The van der Waals surface area contributed by atoms with Crippen LogP contribution in [0.3, 0.4) is 0 Å². The summed E-state index contributed by atoms with van der Waals surface area (Å²) in [5, 5.41) is 9.48. The largest absolute Gasteiger partial charge is 0.324 e. The highest BCUT2D eigenvalue weighted by molar-refractivity contribution is 7.13. The fraction of sp³-hybridized carbons (Fsp3) is 0.118. The lowest BCUT2D eigenvalue weighted by Gasteiger charge is -2.08. The van der Waals surface area contributed by atoms with Crippen molar-refractivity contribution < 1.29 is 4.79 Å². The van der Waals surface area contributed by atoms with E-state index in [2.05, 4.69) is 10.4 Å². The van der Waals surface area contributed by atoms with Crippen LogP contribution in [0.1, 0.15) is 5.56 Å². The number of thiophene rings is 1. The van der Waals surface area contributed by atoms with Crippen molar-refractivity contribution in [1.29, 1.82) is 0 Å². The summed E-state index contributed by atoms with van der Waals surface area (Å²) >= 11 is 7.56. The summed E-state index contributed by atoms with van der Waals surface area (Å²) < 4.78 is 1.15. The van der Waals surface area contributed by atoms with Gasteiger partial charge in [-0.3, -0.25) is 9.59 Å². The standard InChI is InChI=1S/C17H14ClN3O2S/c1-11-4-5-12(9-13(11)18)19-16(22)10-21-17(23)7-6-14(20-21)15-3-2-8-24-15/h2-9H,10H2,1H3,(H,19,22). The highest BCUT2D eigenvalue weighted by Gasteiger charge is 2.09. The Hall–Kier alpha value is -2.44. The number of amides is 1. The summed E-state index contributed by atoms with van der Waals surface area (Å²) in [6.07, 6.45) is 0. The molecular formula is C17H14ClN3O2S. The minimum atomic E-state index is -0.340. The van der Waals surface area contributed by atoms with E-state index in [4.69, 9.17) is 11.6 Å². The Labute approximate surface area is 147 Å². The number of aryl methyl sites for hydroxylation is 1. The van der Waals surface area contributed by atoms with Gasteiger partial charge >= 0.3 is 0 Å². The molecule has 0 unspecified atom stereocenters. The van der Waals surface area contributed by atoms with Crippen LogP contribution in [0.15, 0.2) is 52.6 Å². The Morgan fingerprint density at radius 2 is 2.12 bits per heavy atom. The van der Waals surface area contributed by atoms with Gasteiger partial charge in [0.15, 0.2) is 0 Å². The zero-order valence-electron chi connectivity index (χ0n) is 12.8. The number of aromatic nitrogens is 2. The number of anilines is 1. The van der Waals surface area contributed by atoms with E-state index in [1.807, 2.05) is 30.5 Å². The number of benzene rings is 1. The van der Waals surface area contributed by atoms with Gasteiger partial charge in [-0.1, -0.05) is 23.7 Å². The van der Waals surface area contributed by atoms with Gasteiger partial charge in [-0.15, -0.1) is 11.3 Å². The van der Waals surface area contributed by atoms with Crippen molar-refractivity contribution in [2.24, 2.45) is 0 Å². The molecule has 24 heavy (non-hydrogen) atoms. The third-order valence-electron chi connectivity index (χ3n) is 3.39. The number of nitrogens with one attached hydrogen (secondary N) is 1. The Bertz CT molecular complexity index is 935. The van der Waals surface area contributed by atoms with E-state index >= 15 is 0 Å². The molecule has 7 heteroatoms. The summed E-state index contributed by atoms with van der Waals surface area (Å²) in [5.74, 6) is -0.340. The highest BCUT2D eigenvalue weighted by atomic mass is 35.5. The first kappa shape index (κ1) is 16.4. The quantitative estimate of drug-likeness (QED) is 0.774. The molecular weight excluding hydrogens is 346 g/mol. The smallest absolute Gasteiger partial charge is 0.267 e. The lowest BCUT2D eigenvalue weighted by atomic mass is 10.2. The SMILES string of the molecule is Cc1ccc(NC(=O)Cn2nc(-c3cccs3)ccc2=O)cc1Cl. The van der Waals surface area contributed by atoms with Gasteiger partial charge in [-0.05, 0) is 42.1 Å². The van der Waals surface area contributed by atoms with Gasteiger partial charge in [0, 0.05) is 16.8 Å². The average molecular weight is 360 g/mol. The van der Waals surface area contributed by atoms with E-state index in [9.17, 15) is 9.59 Å². The number of halogens is 1. The van der Waals surface area contributed by atoms with Gasteiger partial charge in [0.05, 0.1) is 4.88 Å². The van der Waals surface area contributed by atoms with Crippen LogP contribution in [0.25, 0.3) is 10.6 Å². The zero-order chi connectivity index (χ0) is 17.1. The van der Waals surface area contributed by atoms with Gasteiger partial charge in [0.1, 0.15) is 12.2 Å². The van der Waals surface area contributed by atoms with Crippen molar-refractivity contribution in [3.05, 3.63) is 68.8 Å². The molecule has 0 fully saturated rings. The van der Waals surface area contributed by atoms with E-state index < -0.39 is 0 Å². The normalized spacial score (nSPS) is 10.6. The molecule has 0 bridgehead atoms. The molecule has 0 spiro atoms. The Kier molecular flexibility index (Phi) is 4.78. The summed E-state index contributed by atoms with van der Waals surface area (Å²) in [5.41, 5.74) is 1.84. The van der Waals surface area contributed by atoms with Crippen molar-refractivity contribution in [2.45, 2.75) is 13.5 Å². The monoisotopic (exact) mass is 359 g/mol. The van der Waals surface area contributed by atoms with Crippen molar-refractivity contribution >= 4 is 34.5 Å². The van der Waals surface area contributed by atoms with Gasteiger partial charge in [-0.2, -0.15) is 5.10 Å². The van der Waals surface area contributed by atoms with Crippen molar-refractivity contribution in [3.8, 4) is 10.6 Å². The number of hydrogen-bond donors (Lipinski definition) is 1. The molecule has 0 radical (unpaired) electrons. The van der Waals surface area contributed by atoms with Crippen molar-refractivity contribution in [3.63, 3.8) is 0 Å². The lowest BCUT2D eigenvalue weighted by Crippen LogP contribution is -2.29. The molecule has 0 aliphatic heterocycles. The van der Waals surface area contributed by atoms with Crippen LogP contribution >= 0.6 is 22.9 Å². The zero-order valence-corrected chi connectivity index (χ0v) is 14.4. The molecule has 3 rings (SSSR count). The van der Waals surface area contributed by atoms with Crippen molar-refractivity contribution in [1.82, 2.24) is 9.78 Å². The molecule has 1 N–H and O–H groups in total. The van der Waals surface area contributed by atoms with E-state index in [0.717, 1.165) is 15.1 Å². The number of nitrogens with zero attached hydrogens (tertiary/aromatic N) is 2. The Balaban J connectivity index is 1.77. The lowest BCUT2D eigenvalue weighted by molar-refractivity contribution is -0.117. The summed E-state index contributed by atoms with van der Waals surface area (Å²) in [7, 11) is 0. The fourth-order valence-electron chi connectivity index (χ4n) is 2.13. The van der Waals surface area contributed by atoms with Crippen LogP contribution in [0.2, 0.25) is 5.02 Å². The van der Waals surface area contributed by atoms with E-state index in [1.165, 1.54) is 17.4 Å². The number of rotatable bonds is 4. The second-order valence-corrected chi connectivity index (χ2v) is 6.56. The minimum absolute atomic E-state index is 0.163. The van der Waals surface area contributed by atoms with Crippen LogP contribution in [0.4, 0.5) is 5.69 Å². The third-order valence-corrected chi connectivity index (χ3v) is 4.69. The van der Waals surface area contributed by atoms with E-state index in [-0.39, 0.29) is 18.0 Å². The average Bonchev–Trinajstić information content (AvgIpc) is 3.07. The molecule has 5 nitrogen and oxygen atoms in total. The molecule has 1 amide bonds. The minimum Gasteiger partial charge on any atom is -0.324 e. The maximum Gasteiger partial charge on any atom is 0.267 e. The second-order valence-electron chi connectivity index (χ2n) is 5.20. The van der Waals surface area contributed by atoms with Crippen molar-refractivity contribution in [2.75, 3.05) is 5.32 Å².